The van der Waals surface area contributed by atoms with Crippen LogP contribution >= 0.6 is 0 Å². The summed E-state index contributed by atoms with van der Waals surface area (Å²) in [6.45, 7) is 8.54. The minimum atomic E-state index is -0.561. The van der Waals surface area contributed by atoms with Crippen molar-refractivity contribution in [1.82, 2.24) is 9.80 Å². The second kappa shape index (κ2) is 7.85. The average molecular weight is 368 g/mol. The number of ether oxygens (including phenoxy) is 1. The van der Waals surface area contributed by atoms with E-state index in [0.29, 0.717) is 13.0 Å². The molecule has 150 valence electrons. The third kappa shape index (κ3) is 4.77. The topological polar surface area (TPSA) is 75.9 Å². The first-order valence-electron chi connectivity index (χ1n) is 9.90. The first-order chi connectivity index (χ1) is 11.9. The Hall–Kier alpha value is -1.14. The fourth-order valence-electron chi connectivity index (χ4n) is 4.31. The normalized spacial score (nSPS) is 27.3. The molecule has 1 heterocycles. The lowest BCUT2D eigenvalue weighted by Crippen LogP contribution is -2.56. The summed E-state index contributed by atoms with van der Waals surface area (Å²) in [6, 6.07) is -1.04. The van der Waals surface area contributed by atoms with Crippen LogP contribution in [0, 0.1) is 5.41 Å². The maximum atomic E-state index is 13.3. The Labute approximate surface area is 158 Å². The Balaban J connectivity index is 2.18. The van der Waals surface area contributed by atoms with E-state index >= 15 is 0 Å². The van der Waals surface area contributed by atoms with Gasteiger partial charge in [0.1, 0.15) is 6.04 Å². The number of rotatable bonds is 4. The molecule has 2 rings (SSSR count). The third-order valence-corrected chi connectivity index (χ3v) is 5.80. The van der Waals surface area contributed by atoms with Gasteiger partial charge in [0.05, 0.1) is 17.7 Å². The molecule has 0 aromatic heterocycles. The lowest BCUT2D eigenvalue weighted by atomic mass is 9.70. The van der Waals surface area contributed by atoms with Crippen LogP contribution in [0.5, 0.6) is 0 Å². The van der Waals surface area contributed by atoms with E-state index in [9.17, 15) is 9.59 Å². The van der Waals surface area contributed by atoms with Gasteiger partial charge in [-0.1, -0.05) is 26.2 Å². The molecule has 6 heteroatoms. The lowest BCUT2D eigenvalue weighted by molar-refractivity contribution is -0.145. The van der Waals surface area contributed by atoms with Crippen LogP contribution in [-0.4, -0.2) is 66.0 Å². The summed E-state index contributed by atoms with van der Waals surface area (Å²) in [7, 11) is 3.45. The van der Waals surface area contributed by atoms with Crippen molar-refractivity contribution >= 4 is 11.8 Å². The molecule has 2 amide bonds. The summed E-state index contributed by atoms with van der Waals surface area (Å²) < 4.78 is 6.08. The molecule has 2 N–H and O–H groups in total. The molecule has 1 saturated carbocycles. The van der Waals surface area contributed by atoms with Crippen LogP contribution in [0.15, 0.2) is 0 Å². The highest BCUT2D eigenvalue weighted by atomic mass is 16.5. The van der Waals surface area contributed by atoms with Gasteiger partial charge in [0.15, 0.2) is 0 Å². The van der Waals surface area contributed by atoms with Gasteiger partial charge in [-0.25, -0.2) is 0 Å². The summed E-state index contributed by atoms with van der Waals surface area (Å²) >= 11 is 0. The zero-order chi connectivity index (χ0) is 19.7. The molecule has 3 atom stereocenters. The predicted molar refractivity (Wildman–Crippen MR) is 103 cm³/mol. The van der Waals surface area contributed by atoms with E-state index < -0.39 is 12.1 Å². The van der Waals surface area contributed by atoms with Crippen molar-refractivity contribution in [1.29, 1.82) is 0 Å². The highest BCUT2D eigenvalue weighted by molar-refractivity contribution is 5.90. The van der Waals surface area contributed by atoms with Gasteiger partial charge in [0.25, 0.3) is 0 Å². The van der Waals surface area contributed by atoms with Crippen molar-refractivity contribution in [3.63, 3.8) is 0 Å². The second-order valence-electron chi connectivity index (χ2n) is 9.52. The SMILES string of the molecule is CN(C)C(=O)[C@@H]1C[C@@H](OC(C)(C)C)CN1C(=O)C(N)C1(C)CCCCC1. The van der Waals surface area contributed by atoms with E-state index in [1.54, 1.807) is 23.9 Å². The molecule has 6 nitrogen and oxygen atoms in total. The fourth-order valence-corrected chi connectivity index (χ4v) is 4.31. The van der Waals surface area contributed by atoms with Crippen molar-refractivity contribution in [2.24, 2.45) is 11.1 Å². The van der Waals surface area contributed by atoms with Gasteiger partial charge < -0.3 is 20.3 Å². The van der Waals surface area contributed by atoms with Crippen LogP contribution in [-0.2, 0) is 14.3 Å². The Morgan fingerprint density at radius 2 is 1.77 bits per heavy atom. The monoisotopic (exact) mass is 367 g/mol. The van der Waals surface area contributed by atoms with E-state index in [2.05, 4.69) is 6.92 Å². The van der Waals surface area contributed by atoms with Crippen molar-refractivity contribution in [3.8, 4) is 0 Å². The number of carbonyl (C=O) groups is 2. The first-order valence-corrected chi connectivity index (χ1v) is 9.90. The Bertz CT molecular complexity index is 521. The summed E-state index contributed by atoms with van der Waals surface area (Å²) in [5.74, 6) is -0.158. The van der Waals surface area contributed by atoms with Crippen LogP contribution < -0.4 is 5.73 Å². The second-order valence-corrected chi connectivity index (χ2v) is 9.52. The molecule has 1 unspecified atom stereocenters. The molecule has 0 radical (unpaired) electrons. The summed E-state index contributed by atoms with van der Waals surface area (Å²) in [6.07, 6.45) is 5.79. The Morgan fingerprint density at radius 3 is 2.27 bits per heavy atom. The molecule has 0 bridgehead atoms. The molecule has 1 saturated heterocycles. The molecule has 26 heavy (non-hydrogen) atoms. The summed E-state index contributed by atoms with van der Waals surface area (Å²) in [5, 5.41) is 0. The van der Waals surface area contributed by atoms with Crippen molar-refractivity contribution in [3.05, 3.63) is 0 Å². The zero-order valence-electron chi connectivity index (χ0n) is 17.4. The van der Waals surface area contributed by atoms with Crippen molar-refractivity contribution in [2.45, 2.75) is 90.0 Å². The molecule has 1 aliphatic carbocycles. The minimum absolute atomic E-state index is 0.0562. The largest absolute Gasteiger partial charge is 0.371 e. The number of nitrogens with zero attached hydrogens (tertiary/aromatic N) is 2. The molecular formula is C20H37N3O3. The highest BCUT2D eigenvalue weighted by Crippen LogP contribution is 2.39. The minimum Gasteiger partial charge on any atom is -0.371 e. The van der Waals surface area contributed by atoms with Crippen LogP contribution in [0.4, 0.5) is 0 Å². The highest BCUT2D eigenvalue weighted by Gasteiger charge is 2.46. The van der Waals surface area contributed by atoms with Gasteiger partial charge in [-0.3, -0.25) is 9.59 Å². The molecule has 0 spiro atoms. The van der Waals surface area contributed by atoms with Gasteiger partial charge in [0.2, 0.25) is 11.8 Å². The standard InChI is InChI=1S/C20H37N3O3/c1-19(2,3)26-14-12-15(17(24)22(5)6)23(13-14)18(25)16(21)20(4)10-8-7-9-11-20/h14-16H,7-13,21H2,1-6H3/t14-,15+,16?/m1/s1. The zero-order valence-corrected chi connectivity index (χ0v) is 17.4. The first kappa shape index (κ1) is 21.2. The number of nitrogens with two attached hydrogens (primary N) is 1. The van der Waals surface area contributed by atoms with Crippen LogP contribution in [0.2, 0.25) is 0 Å². The molecular weight excluding hydrogens is 330 g/mol. The molecule has 2 aliphatic rings. The van der Waals surface area contributed by atoms with Crippen molar-refractivity contribution < 1.29 is 14.3 Å². The quantitative estimate of drug-likeness (QED) is 0.826. The van der Waals surface area contributed by atoms with Gasteiger partial charge >= 0.3 is 0 Å². The molecule has 0 aromatic rings. The smallest absolute Gasteiger partial charge is 0.244 e. The average Bonchev–Trinajstić information content (AvgIpc) is 2.94. The fraction of sp³-hybridized carbons (Fsp3) is 0.900. The predicted octanol–water partition coefficient (Wildman–Crippen LogP) is 2.16. The van der Waals surface area contributed by atoms with Gasteiger partial charge in [-0.15, -0.1) is 0 Å². The van der Waals surface area contributed by atoms with E-state index in [4.69, 9.17) is 10.5 Å². The van der Waals surface area contributed by atoms with E-state index in [-0.39, 0.29) is 28.9 Å². The van der Waals surface area contributed by atoms with E-state index in [0.717, 1.165) is 25.7 Å². The maximum Gasteiger partial charge on any atom is 0.244 e. The molecule has 0 aromatic carbocycles. The van der Waals surface area contributed by atoms with Gasteiger partial charge in [0, 0.05) is 27.1 Å². The lowest BCUT2D eigenvalue weighted by Gasteiger charge is -2.40. The van der Waals surface area contributed by atoms with Gasteiger partial charge in [-0.05, 0) is 39.0 Å². The Kier molecular flexibility index (Phi) is 6.39. The van der Waals surface area contributed by atoms with Crippen LogP contribution in [0.1, 0.15) is 66.2 Å². The Morgan fingerprint density at radius 1 is 1.19 bits per heavy atom. The van der Waals surface area contributed by atoms with Crippen LogP contribution in [0.3, 0.4) is 0 Å². The maximum absolute atomic E-state index is 13.3. The number of amides is 2. The number of hydrogen-bond donors (Lipinski definition) is 1. The van der Waals surface area contributed by atoms with E-state index in [1.807, 2.05) is 20.8 Å². The number of hydrogen-bond acceptors (Lipinski definition) is 4. The number of carbonyl (C=O) groups excluding carboxylic acids is 2. The van der Waals surface area contributed by atoms with Gasteiger partial charge in [-0.2, -0.15) is 0 Å². The number of likely N-dealkylation sites (N-methyl/N-ethyl adjacent to an activating group) is 1. The summed E-state index contributed by atoms with van der Waals surface area (Å²) in [5.41, 5.74) is 5.97. The van der Waals surface area contributed by atoms with Crippen LogP contribution in [0.25, 0.3) is 0 Å². The van der Waals surface area contributed by atoms with Crippen molar-refractivity contribution in [2.75, 3.05) is 20.6 Å². The molecule has 2 fully saturated rings. The molecule has 1 aliphatic heterocycles. The van der Waals surface area contributed by atoms with E-state index in [1.165, 1.54) is 6.42 Å². The summed E-state index contributed by atoms with van der Waals surface area (Å²) in [4.78, 5) is 29.2. The number of likely N-dealkylation sites (tertiary alicyclic amines) is 1. The third-order valence-electron chi connectivity index (χ3n) is 5.80.